The second kappa shape index (κ2) is 6.33. The zero-order chi connectivity index (χ0) is 14.5. The van der Waals surface area contributed by atoms with Crippen LogP contribution in [0.3, 0.4) is 0 Å². The largest absolute Gasteiger partial charge is 0.450 e. The minimum Gasteiger partial charge on any atom is -0.450 e. The molecular formula is C11H13N5O3S. The number of hydrogen-bond acceptors (Lipinski definition) is 7. The number of alkyl carbamates (subject to hydrolysis) is 1. The fourth-order valence-electron chi connectivity index (χ4n) is 1.51. The van der Waals surface area contributed by atoms with Crippen molar-refractivity contribution in [1.82, 2.24) is 25.1 Å². The molecule has 8 nitrogen and oxygen atoms in total. The summed E-state index contributed by atoms with van der Waals surface area (Å²) >= 11 is 1.21. The molecule has 1 N–H and O–H groups in total. The van der Waals surface area contributed by atoms with Gasteiger partial charge in [0.2, 0.25) is 5.91 Å². The van der Waals surface area contributed by atoms with Gasteiger partial charge in [-0.3, -0.25) is 14.8 Å². The molecule has 0 aliphatic heterocycles. The van der Waals surface area contributed by atoms with Crippen LogP contribution < -0.4 is 5.32 Å². The van der Waals surface area contributed by atoms with Crippen LogP contribution in [0.4, 0.5) is 4.79 Å². The summed E-state index contributed by atoms with van der Waals surface area (Å²) in [6.07, 6.45) is 2.31. The number of nitrogens with one attached hydrogen (secondary N) is 1. The van der Waals surface area contributed by atoms with Crippen LogP contribution in [0.5, 0.6) is 0 Å². The summed E-state index contributed by atoms with van der Waals surface area (Å²) in [5, 5.41) is 7.61. The minimum atomic E-state index is -0.743. The van der Waals surface area contributed by atoms with Gasteiger partial charge in [-0.15, -0.1) is 0 Å². The molecule has 106 valence electrons. The van der Waals surface area contributed by atoms with Crippen molar-refractivity contribution in [3.05, 3.63) is 12.5 Å². The summed E-state index contributed by atoms with van der Waals surface area (Å²) in [5.74, 6) is -0.385. The van der Waals surface area contributed by atoms with Crippen LogP contribution in [0.15, 0.2) is 17.6 Å². The van der Waals surface area contributed by atoms with Crippen LogP contribution in [0.25, 0.3) is 11.0 Å². The van der Waals surface area contributed by atoms with Crippen LogP contribution in [0.2, 0.25) is 0 Å². The van der Waals surface area contributed by atoms with Crippen molar-refractivity contribution in [2.75, 3.05) is 12.4 Å². The molecule has 0 saturated heterocycles. The van der Waals surface area contributed by atoms with Crippen molar-refractivity contribution in [2.24, 2.45) is 7.05 Å². The fourth-order valence-corrected chi connectivity index (χ4v) is 2.27. The van der Waals surface area contributed by atoms with E-state index in [-0.39, 0.29) is 12.4 Å². The molecular weight excluding hydrogens is 282 g/mol. The van der Waals surface area contributed by atoms with Crippen LogP contribution >= 0.6 is 11.8 Å². The van der Waals surface area contributed by atoms with Gasteiger partial charge in [0.25, 0.3) is 0 Å². The molecule has 0 bridgehead atoms. The van der Waals surface area contributed by atoms with Crippen LogP contribution in [-0.4, -0.2) is 44.1 Å². The standard InChI is InChI=1S/C11H13N5O3S/c1-3-19-11(18)15-8(17)5-20-10-7-4-14-16(2)9(7)12-6-13-10/h4,6H,3,5H2,1-2H3,(H,15,17,18). The van der Waals surface area contributed by atoms with Crippen LogP contribution in [0.1, 0.15) is 6.92 Å². The number of hydrogen-bond donors (Lipinski definition) is 1. The first-order valence-electron chi connectivity index (χ1n) is 5.84. The maximum absolute atomic E-state index is 11.5. The summed E-state index contributed by atoms with van der Waals surface area (Å²) < 4.78 is 6.24. The predicted molar refractivity (Wildman–Crippen MR) is 72.2 cm³/mol. The van der Waals surface area contributed by atoms with Gasteiger partial charge >= 0.3 is 6.09 Å². The van der Waals surface area contributed by atoms with Gasteiger partial charge in [-0.05, 0) is 6.92 Å². The Morgan fingerprint density at radius 2 is 2.25 bits per heavy atom. The van der Waals surface area contributed by atoms with Gasteiger partial charge in [0, 0.05) is 7.05 Å². The number of ether oxygens (including phenoxy) is 1. The van der Waals surface area contributed by atoms with Gasteiger partial charge in [0.05, 0.1) is 23.9 Å². The molecule has 0 saturated carbocycles. The van der Waals surface area contributed by atoms with Gasteiger partial charge in [0.1, 0.15) is 11.4 Å². The maximum Gasteiger partial charge on any atom is 0.413 e. The normalized spacial score (nSPS) is 10.5. The van der Waals surface area contributed by atoms with Crippen molar-refractivity contribution in [1.29, 1.82) is 0 Å². The molecule has 2 aromatic rings. The molecule has 0 atom stereocenters. The van der Waals surface area contributed by atoms with E-state index >= 15 is 0 Å². The summed E-state index contributed by atoms with van der Waals surface area (Å²) in [6.45, 7) is 1.88. The van der Waals surface area contributed by atoms with E-state index in [1.807, 2.05) is 0 Å². The zero-order valence-corrected chi connectivity index (χ0v) is 11.8. The van der Waals surface area contributed by atoms with Gasteiger partial charge < -0.3 is 4.74 Å². The van der Waals surface area contributed by atoms with E-state index in [0.29, 0.717) is 10.7 Å². The second-order valence-corrected chi connectivity index (χ2v) is 4.71. The number of aromatic nitrogens is 4. The monoisotopic (exact) mass is 295 g/mol. The highest BCUT2D eigenvalue weighted by Gasteiger charge is 2.12. The Labute approximate surface area is 118 Å². The SMILES string of the molecule is CCOC(=O)NC(=O)CSc1ncnc2c1cnn2C. The number of amides is 2. The van der Waals surface area contributed by atoms with E-state index in [9.17, 15) is 9.59 Å². The Bertz CT molecular complexity index is 642. The number of fused-ring (bicyclic) bond motifs is 1. The van der Waals surface area contributed by atoms with E-state index in [1.54, 1.807) is 24.9 Å². The molecule has 0 aliphatic rings. The molecule has 0 aromatic carbocycles. The fraction of sp³-hybridized carbons (Fsp3) is 0.364. The summed E-state index contributed by atoms with van der Waals surface area (Å²) in [7, 11) is 1.78. The Morgan fingerprint density at radius 1 is 1.45 bits per heavy atom. The zero-order valence-electron chi connectivity index (χ0n) is 11.0. The molecule has 2 amide bonds. The summed E-state index contributed by atoms with van der Waals surface area (Å²) in [6, 6.07) is 0. The molecule has 2 heterocycles. The van der Waals surface area contributed by atoms with Gasteiger partial charge in [-0.2, -0.15) is 5.10 Å². The Hall–Kier alpha value is -2.16. The average molecular weight is 295 g/mol. The van der Waals surface area contributed by atoms with Crippen molar-refractivity contribution in [3.8, 4) is 0 Å². The lowest BCUT2D eigenvalue weighted by molar-refractivity contribution is -0.117. The van der Waals surface area contributed by atoms with Crippen molar-refractivity contribution >= 4 is 34.8 Å². The van der Waals surface area contributed by atoms with Gasteiger partial charge in [0.15, 0.2) is 5.65 Å². The lowest BCUT2D eigenvalue weighted by Crippen LogP contribution is -2.32. The highest BCUT2D eigenvalue weighted by molar-refractivity contribution is 8.00. The number of imide groups is 1. The lowest BCUT2D eigenvalue weighted by atomic mass is 10.4. The summed E-state index contributed by atoms with van der Waals surface area (Å²) in [4.78, 5) is 30.8. The molecule has 0 unspecified atom stereocenters. The van der Waals surface area contributed by atoms with Crippen molar-refractivity contribution in [3.63, 3.8) is 0 Å². The topological polar surface area (TPSA) is 99.0 Å². The van der Waals surface area contributed by atoms with E-state index in [0.717, 1.165) is 5.39 Å². The number of thioether (sulfide) groups is 1. The highest BCUT2D eigenvalue weighted by atomic mass is 32.2. The number of carbonyl (C=O) groups is 2. The summed E-state index contributed by atoms with van der Waals surface area (Å²) in [5.41, 5.74) is 0.688. The molecule has 2 aromatic heterocycles. The van der Waals surface area contributed by atoms with E-state index in [2.05, 4.69) is 25.1 Å². The first kappa shape index (κ1) is 14.3. The van der Waals surface area contributed by atoms with E-state index in [4.69, 9.17) is 0 Å². The number of rotatable bonds is 4. The quantitative estimate of drug-likeness (QED) is 0.655. The van der Waals surface area contributed by atoms with Crippen molar-refractivity contribution in [2.45, 2.75) is 11.9 Å². The number of aryl methyl sites for hydroxylation is 1. The molecule has 0 spiro atoms. The average Bonchev–Trinajstić information content (AvgIpc) is 2.79. The molecule has 2 rings (SSSR count). The third kappa shape index (κ3) is 3.23. The first-order chi connectivity index (χ1) is 9.61. The smallest absolute Gasteiger partial charge is 0.413 e. The highest BCUT2D eigenvalue weighted by Crippen LogP contribution is 2.23. The third-order valence-electron chi connectivity index (χ3n) is 2.35. The number of carbonyl (C=O) groups excluding carboxylic acids is 2. The van der Waals surface area contributed by atoms with Gasteiger partial charge in [-0.25, -0.2) is 14.8 Å². The van der Waals surface area contributed by atoms with Crippen LogP contribution in [0, 0.1) is 0 Å². The maximum atomic E-state index is 11.5. The van der Waals surface area contributed by atoms with Gasteiger partial charge in [-0.1, -0.05) is 11.8 Å². The second-order valence-electron chi connectivity index (χ2n) is 3.74. The van der Waals surface area contributed by atoms with E-state index < -0.39 is 12.0 Å². The molecule has 0 aliphatic carbocycles. The first-order valence-corrected chi connectivity index (χ1v) is 6.82. The number of nitrogens with zero attached hydrogens (tertiary/aromatic N) is 4. The molecule has 9 heteroatoms. The van der Waals surface area contributed by atoms with E-state index in [1.165, 1.54) is 18.1 Å². The lowest BCUT2D eigenvalue weighted by Gasteiger charge is -2.04. The Balaban J connectivity index is 1.99. The minimum absolute atomic E-state index is 0.0554. The Morgan fingerprint density at radius 3 is 3.00 bits per heavy atom. The predicted octanol–water partition coefficient (Wildman–Crippen LogP) is 0.728. The third-order valence-corrected chi connectivity index (χ3v) is 3.36. The van der Waals surface area contributed by atoms with Crippen molar-refractivity contribution < 1.29 is 14.3 Å². The Kier molecular flexibility index (Phi) is 4.51. The molecule has 20 heavy (non-hydrogen) atoms. The van der Waals surface area contributed by atoms with Crippen LogP contribution in [-0.2, 0) is 16.6 Å². The molecule has 0 radical (unpaired) electrons. The molecule has 0 fully saturated rings.